The second-order valence-electron chi connectivity index (χ2n) is 4.68. The van der Waals surface area contributed by atoms with Gasteiger partial charge in [-0.3, -0.25) is 4.21 Å². The summed E-state index contributed by atoms with van der Waals surface area (Å²) in [6, 6.07) is 5.93. The number of ether oxygens (including phenoxy) is 1. The molecule has 0 aliphatic heterocycles. The standard InChI is InChI=1S/C14H19ClN2O2S/c1-4-19-12-7-5-6-11-14(12)16-13(8-15)17(11)10(2)9-20(3)18/h5-7,10H,4,8-9H2,1-3H3. The molecule has 0 bridgehead atoms. The zero-order chi connectivity index (χ0) is 14.7. The van der Waals surface area contributed by atoms with Gasteiger partial charge in [0.15, 0.2) is 0 Å². The Balaban J connectivity index is 2.57. The van der Waals surface area contributed by atoms with Gasteiger partial charge in [0, 0.05) is 28.9 Å². The number of fused-ring (bicyclic) bond motifs is 1. The lowest BCUT2D eigenvalue weighted by Gasteiger charge is -2.15. The van der Waals surface area contributed by atoms with Gasteiger partial charge in [-0.05, 0) is 26.0 Å². The molecule has 1 aromatic carbocycles. The normalized spacial score (nSPS) is 14.4. The molecule has 2 atom stereocenters. The van der Waals surface area contributed by atoms with Crippen LogP contribution in [-0.4, -0.2) is 32.4 Å². The number of aromatic nitrogens is 2. The van der Waals surface area contributed by atoms with Crippen molar-refractivity contribution in [2.24, 2.45) is 0 Å². The average Bonchev–Trinajstić information content (AvgIpc) is 2.77. The topological polar surface area (TPSA) is 44.1 Å². The number of rotatable bonds is 6. The lowest BCUT2D eigenvalue weighted by molar-refractivity contribution is 0.343. The molecule has 4 nitrogen and oxygen atoms in total. The summed E-state index contributed by atoms with van der Waals surface area (Å²) in [7, 11) is -0.865. The Labute approximate surface area is 126 Å². The van der Waals surface area contributed by atoms with Gasteiger partial charge in [0.1, 0.15) is 17.1 Å². The van der Waals surface area contributed by atoms with E-state index in [9.17, 15) is 4.21 Å². The molecule has 0 amide bonds. The van der Waals surface area contributed by atoms with E-state index in [-0.39, 0.29) is 6.04 Å². The fourth-order valence-corrected chi connectivity index (χ4v) is 3.43. The molecule has 2 aromatic rings. The molecule has 6 heteroatoms. The first-order valence-electron chi connectivity index (χ1n) is 6.57. The second-order valence-corrected chi connectivity index (χ2v) is 6.42. The molecule has 0 radical (unpaired) electrons. The summed E-state index contributed by atoms with van der Waals surface area (Å²) in [5.74, 6) is 2.45. The van der Waals surface area contributed by atoms with Crippen molar-refractivity contribution in [2.75, 3.05) is 18.6 Å². The lowest BCUT2D eigenvalue weighted by Crippen LogP contribution is -2.15. The van der Waals surface area contributed by atoms with Gasteiger partial charge in [-0.25, -0.2) is 4.98 Å². The molecule has 0 aliphatic rings. The average molecular weight is 315 g/mol. The van der Waals surface area contributed by atoms with Gasteiger partial charge in [-0.15, -0.1) is 11.6 Å². The van der Waals surface area contributed by atoms with Gasteiger partial charge >= 0.3 is 0 Å². The number of imidazole rings is 1. The number of halogens is 1. The molecule has 0 N–H and O–H groups in total. The Kier molecular flexibility index (Phi) is 5.05. The highest BCUT2D eigenvalue weighted by Gasteiger charge is 2.18. The first-order chi connectivity index (χ1) is 9.58. The fourth-order valence-electron chi connectivity index (χ4n) is 2.41. The Morgan fingerprint density at radius 1 is 1.50 bits per heavy atom. The van der Waals surface area contributed by atoms with E-state index >= 15 is 0 Å². The van der Waals surface area contributed by atoms with Crippen molar-refractivity contribution < 1.29 is 8.95 Å². The van der Waals surface area contributed by atoms with Gasteiger partial charge in [0.2, 0.25) is 0 Å². The highest BCUT2D eigenvalue weighted by molar-refractivity contribution is 7.84. The molecule has 2 unspecified atom stereocenters. The Morgan fingerprint density at radius 2 is 2.25 bits per heavy atom. The van der Waals surface area contributed by atoms with E-state index in [0.717, 1.165) is 22.6 Å². The van der Waals surface area contributed by atoms with Gasteiger partial charge in [-0.2, -0.15) is 0 Å². The summed E-state index contributed by atoms with van der Waals surface area (Å²) in [6.45, 7) is 4.57. The van der Waals surface area contributed by atoms with E-state index in [2.05, 4.69) is 9.55 Å². The summed E-state index contributed by atoms with van der Waals surface area (Å²) in [5, 5.41) is 0. The van der Waals surface area contributed by atoms with Gasteiger partial charge < -0.3 is 9.30 Å². The zero-order valence-electron chi connectivity index (χ0n) is 11.9. The van der Waals surface area contributed by atoms with Crippen LogP contribution < -0.4 is 4.74 Å². The summed E-state index contributed by atoms with van der Waals surface area (Å²) >= 11 is 6.01. The molecule has 1 aromatic heterocycles. The van der Waals surface area contributed by atoms with Gasteiger partial charge in [0.25, 0.3) is 0 Å². The second kappa shape index (κ2) is 6.59. The minimum atomic E-state index is -0.865. The molecule has 0 aliphatic carbocycles. The van der Waals surface area contributed by atoms with Gasteiger partial charge in [-0.1, -0.05) is 6.07 Å². The molecule has 0 fully saturated rings. The Bertz CT molecular complexity index is 627. The molecular weight excluding hydrogens is 296 g/mol. The molecule has 0 saturated heterocycles. The molecule has 110 valence electrons. The molecule has 1 heterocycles. The number of hydrogen-bond donors (Lipinski definition) is 0. The number of para-hydroxylation sites is 1. The van der Waals surface area contributed by atoms with Crippen LogP contribution in [0.3, 0.4) is 0 Å². The van der Waals surface area contributed by atoms with Crippen molar-refractivity contribution in [3.8, 4) is 5.75 Å². The van der Waals surface area contributed by atoms with Crippen LogP contribution in [0.5, 0.6) is 5.75 Å². The molecule has 0 spiro atoms. The van der Waals surface area contributed by atoms with Crippen LogP contribution in [0.25, 0.3) is 11.0 Å². The molecule has 2 rings (SSSR count). The summed E-state index contributed by atoms with van der Waals surface area (Å²) in [4.78, 5) is 4.59. The van der Waals surface area contributed by atoms with E-state index in [4.69, 9.17) is 16.3 Å². The van der Waals surface area contributed by atoms with Crippen molar-refractivity contribution >= 4 is 33.4 Å². The maximum absolute atomic E-state index is 11.5. The van der Waals surface area contributed by atoms with Crippen LogP contribution in [-0.2, 0) is 16.7 Å². The third kappa shape index (κ3) is 2.99. The van der Waals surface area contributed by atoms with Crippen LogP contribution in [0.15, 0.2) is 18.2 Å². The van der Waals surface area contributed by atoms with Gasteiger partial charge in [0.05, 0.1) is 18.0 Å². The summed E-state index contributed by atoms with van der Waals surface area (Å²) < 4.78 is 19.1. The van der Waals surface area contributed by atoms with Crippen LogP contribution in [0.4, 0.5) is 0 Å². The Hall–Kier alpha value is -1.07. The van der Waals surface area contributed by atoms with Crippen LogP contribution in [0, 0.1) is 0 Å². The van der Waals surface area contributed by atoms with E-state index in [1.807, 2.05) is 32.0 Å². The smallest absolute Gasteiger partial charge is 0.147 e. The van der Waals surface area contributed by atoms with E-state index in [1.54, 1.807) is 6.26 Å². The number of nitrogens with zero attached hydrogens (tertiary/aromatic N) is 2. The Morgan fingerprint density at radius 3 is 2.85 bits per heavy atom. The predicted octanol–water partition coefficient (Wildman–Crippen LogP) is 3.11. The maximum Gasteiger partial charge on any atom is 0.147 e. The highest BCUT2D eigenvalue weighted by Crippen LogP contribution is 2.29. The van der Waals surface area contributed by atoms with Crippen molar-refractivity contribution in [2.45, 2.75) is 25.8 Å². The third-order valence-electron chi connectivity index (χ3n) is 3.09. The molecule has 0 saturated carbocycles. The zero-order valence-corrected chi connectivity index (χ0v) is 13.5. The third-order valence-corrected chi connectivity index (χ3v) is 4.28. The van der Waals surface area contributed by atoms with E-state index < -0.39 is 10.8 Å². The number of alkyl halides is 1. The maximum atomic E-state index is 11.5. The molecular formula is C14H19ClN2O2S. The van der Waals surface area contributed by atoms with Crippen molar-refractivity contribution in [1.29, 1.82) is 0 Å². The van der Waals surface area contributed by atoms with Crippen LogP contribution in [0.1, 0.15) is 25.7 Å². The lowest BCUT2D eigenvalue weighted by atomic mass is 10.2. The molecule has 20 heavy (non-hydrogen) atoms. The van der Waals surface area contributed by atoms with Crippen LogP contribution >= 0.6 is 11.6 Å². The summed E-state index contributed by atoms with van der Waals surface area (Å²) in [5.41, 5.74) is 1.79. The SMILES string of the molecule is CCOc1cccc2c1nc(CCl)n2C(C)CS(C)=O. The fraction of sp³-hybridized carbons (Fsp3) is 0.500. The van der Waals surface area contributed by atoms with Crippen molar-refractivity contribution in [3.63, 3.8) is 0 Å². The number of benzene rings is 1. The quantitative estimate of drug-likeness (QED) is 0.770. The predicted molar refractivity (Wildman–Crippen MR) is 84.1 cm³/mol. The largest absolute Gasteiger partial charge is 0.492 e. The minimum Gasteiger partial charge on any atom is -0.492 e. The van der Waals surface area contributed by atoms with Crippen molar-refractivity contribution in [3.05, 3.63) is 24.0 Å². The minimum absolute atomic E-state index is 0.0801. The monoisotopic (exact) mass is 314 g/mol. The first kappa shape index (κ1) is 15.3. The highest BCUT2D eigenvalue weighted by atomic mass is 35.5. The first-order valence-corrected chi connectivity index (χ1v) is 8.83. The van der Waals surface area contributed by atoms with E-state index in [1.165, 1.54) is 0 Å². The van der Waals surface area contributed by atoms with Crippen molar-refractivity contribution in [1.82, 2.24) is 9.55 Å². The van der Waals surface area contributed by atoms with Crippen LogP contribution in [0.2, 0.25) is 0 Å². The number of hydrogen-bond acceptors (Lipinski definition) is 3. The van der Waals surface area contributed by atoms with E-state index in [0.29, 0.717) is 18.2 Å². The summed E-state index contributed by atoms with van der Waals surface area (Å²) in [6.07, 6.45) is 1.71.